The zero-order valence-electron chi connectivity index (χ0n) is 10.3. The first-order valence-corrected chi connectivity index (χ1v) is 6.40. The molecule has 1 aromatic carbocycles. The van der Waals surface area contributed by atoms with E-state index < -0.39 is 18.6 Å². The number of nitrogens with zero attached hydrogens (tertiary/aromatic N) is 1. The van der Waals surface area contributed by atoms with Gasteiger partial charge in [-0.25, -0.2) is 0 Å². The zero-order valence-corrected chi connectivity index (χ0v) is 11.0. The largest absolute Gasteiger partial charge is 0.406 e. The van der Waals surface area contributed by atoms with Gasteiger partial charge in [0.25, 0.3) is 0 Å². The van der Waals surface area contributed by atoms with Crippen LogP contribution in [0, 0.1) is 0 Å². The number of amides is 1. The summed E-state index contributed by atoms with van der Waals surface area (Å²) in [6, 6.07) is 8.61. The topological polar surface area (TPSA) is 20.3 Å². The lowest BCUT2D eigenvalue weighted by molar-refractivity contribution is -0.162. The van der Waals surface area contributed by atoms with Gasteiger partial charge in [-0.15, -0.1) is 11.6 Å². The molecule has 0 aliphatic rings. The fraction of sp³-hybridized carbons (Fsp3) is 0.462. The third-order valence-electron chi connectivity index (χ3n) is 2.46. The van der Waals surface area contributed by atoms with Gasteiger partial charge in [0.2, 0.25) is 5.91 Å². The molecule has 2 nitrogen and oxygen atoms in total. The lowest BCUT2D eigenvalue weighted by Crippen LogP contribution is -2.38. The number of hydrogen-bond donors (Lipinski definition) is 0. The second-order valence-corrected chi connectivity index (χ2v) is 4.52. The quantitative estimate of drug-likeness (QED) is 0.734. The van der Waals surface area contributed by atoms with Crippen molar-refractivity contribution in [1.29, 1.82) is 0 Å². The van der Waals surface area contributed by atoms with E-state index >= 15 is 0 Å². The Morgan fingerprint density at radius 2 is 1.84 bits per heavy atom. The normalized spacial score (nSPS) is 11.4. The Morgan fingerprint density at radius 1 is 1.21 bits per heavy atom. The van der Waals surface area contributed by atoms with E-state index in [1.54, 1.807) is 30.3 Å². The molecule has 0 spiro atoms. The van der Waals surface area contributed by atoms with Gasteiger partial charge in [-0.1, -0.05) is 30.3 Å². The second kappa shape index (κ2) is 7.38. The highest BCUT2D eigenvalue weighted by Gasteiger charge is 2.32. The van der Waals surface area contributed by atoms with Crippen LogP contribution in [0.1, 0.15) is 18.4 Å². The Hall–Kier alpha value is -1.23. The molecule has 0 bridgehead atoms. The molecule has 0 aliphatic carbocycles. The maximum absolute atomic E-state index is 12.5. The summed E-state index contributed by atoms with van der Waals surface area (Å²) in [4.78, 5) is 12.6. The summed E-state index contributed by atoms with van der Waals surface area (Å²) in [5.74, 6) is -0.265. The van der Waals surface area contributed by atoms with Crippen LogP contribution in [-0.4, -0.2) is 29.4 Å². The van der Waals surface area contributed by atoms with Gasteiger partial charge >= 0.3 is 6.18 Å². The van der Waals surface area contributed by atoms with Crippen LogP contribution in [0.5, 0.6) is 0 Å². The van der Waals surface area contributed by atoms with Gasteiger partial charge in [-0.3, -0.25) is 4.79 Å². The lowest BCUT2D eigenvalue weighted by Gasteiger charge is -2.24. The molecule has 106 valence electrons. The Bertz CT molecular complexity index is 395. The van der Waals surface area contributed by atoms with Crippen molar-refractivity contribution in [3.8, 4) is 0 Å². The summed E-state index contributed by atoms with van der Waals surface area (Å²) in [5, 5.41) is 0. The Balaban J connectivity index is 2.71. The molecular formula is C13H15ClF3NO. The summed E-state index contributed by atoms with van der Waals surface area (Å²) in [5.41, 5.74) is 0.672. The smallest absolute Gasteiger partial charge is 0.329 e. The maximum Gasteiger partial charge on any atom is 0.406 e. The summed E-state index contributed by atoms with van der Waals surface area (Å²) >= 11 is 5.45. The number of carbonyl (C=O) groups excluding carboxylic acids is 1. The van der Waals surface area contributed by atoms with Crippen LogP contribution in [0.15, 0.2) is 30.3 Å². The maximum atomic E-state index is 12.5. The van der Waals surface area contributed by atoms with Crippen molar-refractivity contribution in [3.63, 3.8) is 0 Å². The van der Waals surface area contributed by atoms with Crippen molar-refractivity contribution in [2.75, 3.05) is 12.4 Å². The van der Waals surface area contributed by atoms with E-state index in [0.29, 0.717) is 12.0 Å². The molecular weight excluding hydrogens is 279 g/mol. The number of hydrogen-bond acceptors (Lipinski definition) is 1. The third-order valence-corrected chi connectivity index (χ3v) is 2.73. The first-order chi connectivity index (χ1) is 8.92. The average molecular weight is 294 g/mol. The summed E-state index contributed by atoms with van der Waals surface area (Å²) in [7, 11) is 0. The van der Waals surface area contributed by atoms with Crippen LogP contribution in [0.2, 0.25) is 0 Å². The minimum Gasteiger partial charge on any atom is -0.329 e. The van der Waals surface area contributed by atoms with Crippen molar-refractivity contribution < 1.29 is 18.0 Å². The monoisotopic (exact) mass is 293 g/mol. The summed E-state index contributed by atoms with van der Waals surface area (Å²) < 4.78 is 37.4. The van der Waals surface area contributed by atoms with Gasteiger partial charge in [0, 0.05) is 18.8 Å². The first kappa shape index (κ1) is 15.8. The minimum absolute atomic E-state index is 0.0341. The molecule has 0 heterocycles. The lowest BCUT2D eigenvalue weighted by atomic mass is 10.2. The highest BCUT2D eigenvalue weighted by molar-refractivity contribution is 6.17. The molecule has 1 aromatic rings. The number of rotatable bonds is 6. The molecule has 0 saturated carbocycles. The fourth-order valence-corrected chi connectivity index (χ4v) is 1.76. The van der Waals surface area contributed by atoms with Gasteiger partial charge in [0.15, 0.2) is 0 Å². The SMILES string of the molecule is O=C(CCCCl)N(Cc1ccccc1)CC(F)(F)F. The Morgan fingerprint density at radius 3 is 2.37 bits per heavy atom. The van der Waals surface area contributed by atoms with Crippen LogP contribution >= 0.6 is 11.6 Å². The summed E-state index contributed by atoms with van der Waals surface area (Å²) in [6.45, 7) is -1.27. The van der Waals surface area contributed by atoms with Gasteiger partial charge in [-0.2, -0.15) is 13.2 Å². The van der Waals surface area contributed by atoms with E-state index in [1.165, 1.54) is 0 Å². The van der Waals surface area contributed by atoms with E-state index in [2.05, 4.69) is 0 Å². The molecule has 0 radical (unpaired) electrons. The van der Waals surface area contributed by atoms with Gasteiger partial charge in [-0.05, 0) is 12.0 Å². The van der Waals surface area contributed by atoms with Crippen LogP contribution in [-0.2, 0) is 11.3 Å². The highest BCUT2D eigenvalue weighted by Crippen LogP contribution is 2.19. The standard InChI is InChI=1S/C13H15ClF3NO/c14-8-4-7-12(19)18(10-13(15,16)17)9-11-5-2-1-3-6-11/h1-3,5-6H,4,7-10H2. The predicted octanol–water partition coefficient (Wildman–Crippen LogP) is 3.60. The van der Waals surface area contributed by atoms with Crippen LogP contribution in [0.25, 0.3) is 0 Å². The highest BCUT2D eigenvalue weighted by atomic mass is 35.5. The van der Waals surface area contributed by atoms with Crippen molar-refractivity contribution in [3.05, 3.63) is 35.9 Å². The second-order valence-electron chi connectivity index (χ2n) is 4.14. The molecule has 1 amide bonds. The van der Waals surface area contributed by atoms with Crippen molar-refractivity contribution in [1.82, 2.24) is 4.90 Å². The van der Waals surface area contributed by atoms with Gasteiger partial charge < -0.3 is 4.90 Å². The molecule has 1 rings (SSSR count). The van der Waals surface area contributed by atoms with Crippen molar-refractivity contribution in [2.24, 2.45) is 0 Å². The number of carbonyl (C=O) groups is 1. The van der Waals surface area contributed by atoms with E-state index in [9.17, 15) is 18.0 Å². The molecule has 0 N–H and O–H groups in total. The van der Waals surface area contributed by atoms with E-state index in [1.807, 2.05) is 0 Å². The molecule has 0 saturated heterocycles. The molecule has 0 aliphatic heterocycles. The van der Waals surface area contributed by atoms with Gasteiger partial charge in [0.1, 0.15) is 6.54 Å². The van der Waals surface area contributed by atoms with Crippen LogP contribution in [0.4, 0.5) is 13.2 Å². The Kier molecular flexibility index (Phi) is 6.15. The number of alkyl halides is 4. The van der Waals surface area contributed by atoms with E-state index in [4.69, 9.17) is 11.6 Å². The predicted molar refractivity (Wildman–Crippen MR) is 67.9 cm³/mol. The molecule has 0 aromatic heterocycles. The molecule has 0 fully saturated rings. The van der Waals surface area contributed by atoms with Gasteiger partial charge in [0.05, 0.1) is 0 Å². The van der Waals surface area contributed by atoms with Crippen molar-refractivity contribution in [2.45, 2.75) is 25.6 Å². The fourth-order valence-electron chi connectivity index (χ4n) is 1.63. The molecule has 0 atom stereocenters. The molecule has 19 heavy (non-hydrogen) atoms. The zero-order chi connectivity index (χ0) is 14.3. The first-order valence-electron chi connectivity index (χ1n) is 5.87. The summed E-state index contributed by atoms with van der Waals surface area (Å²) in [6.07, 6.45) is -3.98. The third kappa shape index (κ3) is 6.47. The van der Waals surface area contributed by atoms with E-state index in [0.717, 1.165) is 4.90 Å². The molecule has 0 unspecified atom stereocenters. The average Bonchev–Trinajstić information content (AvgIpc) is 2.35. The van der Waals surface area contributed by atoms with E-state index in [-0.39, 0.29) is 18.8 Å². The molecule has 6 heteroatoms. The minimum atomic E-state index is -4.40. The van der Waals surface area contributed by atoms with Crippen LogP contribution in [0.3, 0.4) is 0 Å². The Labute approximate surface area is 115 Å². The van der Waals surface area contributed by atoms with Crippen molar-refractivity contribution >= 4 is 17.5 Å². The number of benzene rings is 1. The number of halogens is 4. The van der Waals surface area contributed by atoms with Crippen LogP contribution < -0.4 is 0 Å².